The molecular formula is C17H13FN2O2. The highest BCUT2D eigenvalue weighted by Crippen LogP contribution is 2.22. The Hall–Kier alpha value is -2.95. The molecule has 0 aliphatic carbocycles. The second-order valence-electron chi connectivity index (χ2n) is 4.70. The average Bonchev–Trinajstić information content (AvgIpc) is 2.53. The molecule has 0 spiro atoms. The van der Waals surface area contributed by atoms with Crippen molar-refractivity contribution in [3.05, 3.63) is 66.7 Å². The van der Waals surface area contributed by atoms with Crippen molar-refractivity contribution in [2.75, 3.05) is 11.9 Å². The third-order valence-corrected chi connectivity index (χ3v) is 3.12. The Morgan fingerprint density at radius 3 is 2.91 bits per heavy atom. The molecule has 0 fully saturated rings. The molecule has 5 heteroatoms. The van der Waals surface area contributed by atoms with Crippen LogP contribution in [-0.2, 0) is 4.79 Å². The van der Waals surface area contributed by atoms with Crippen LogP contribution in [0.15, 0.2) is 60.9 Å². The van der Waals surface area contributed by atoms with Crippen molar-refractivity contribution in [3.63, 3.8) is 0 Å². The number of nitrogens with zero attached hydrogens (tertiary/aromatic N) is 1. The van der Waals surface area contributed by atoms with Crippen molar-refractivity contribution in [2.24, 2.45) is 0 Å². The zero-order valence-electron chi connectivity index (χ0n) is 11.6. The first kappa shape index (κ1) is 14.0. The fourth-order valence-electron chi connectivity index (χ4n) is 2.12. The Morgan fingerprint density at radius 1 is 1.18 bits per heavy atom. The Bertz CT molecular complexity index is 815. The van der Waals surface area contributed by atoms with Gasteiger partial charge in [0.2, 0.25) is 0 Å². The summed E-state index contributed by atoms with van der Waals surface area (Å²) in [6.45, 7) is -0.190. The lowest BCUT2D eigenvalue weighted by Gasteiger charge is -2.09. The van der Waals surface area contributed by atoms with Gasteiger partial charge < -0.3 is 10.1 Å². The number of benzene rings is 2. The summed E-state index contributed by atoms with van der Waals surface area (Å²) in [5.74, 6) is -0.398. The monoisotopic (exact) mass is 296 g/mol. The zero-order chi connectivity index (χ0) is 15.4. The maximum absolute atomic E-state index is 13.0. The van der Waals surface area contributed by atoms with E-state index in [9.17, 15) is 9.18 Å². The quantitative estimate of drug-likeness (QED) is 0.803. The predicted molar refractivity (Wildman–Crippen MR) is 82.3 cm³/mol. The Morgan fingerprint density at radius 2 is 2.05 bits per heavy atom. The molecule has 3 aromatic rings. The van der Waals surface area contributed by atoms with E-state index in [2.05, 4.69) is 10.3 Å². The van der Waals surface area contributed by atoms with Crippen LogP contribution in [0.4, 0.5) is 10.1 Å². The molecule has 0 radical (unpaired) electrons. The van der Waals surface area contributed by atoms with E-state index in [1.807, 2.05) is 24.3 Å². The van der Waals surface area contributed by atoms with Gasteiger partial charge in [-0.1, -0.05) is 18.2 Å². The number of nitrogens with one attached hydrogen (secondary N) is 1. The lowest BCUT2D eigenvalue weighted by atomic mass is 10.1. The van der Waals surface area contributed by atoms with E-state index in [4.69, 9.17) is 4.74 Å². The third-order valence-electron chi connectivity index (χ3n) is 3.12. The summed E-state index contributed by atoms with van der Waals surface area (Å²) >= 11 is 0. The summed E-state index contributed by atoms with van der Waals surface area (Å²) in [6, 6.07) is 13.1. The first-order chi connectivity index (χ1) is 10.7. The highest BCUT2D eigenvalue weighted by Gasteiger charge is 2.07. The van der Waals surface area contributed by atoms with Crippen LogP contribution in [0, 0.1) is 5.82 Å². The van der Waals surface area contributed by atoms with Gasteiger partial charge in [-0.05, 0) is 24.3 Å². The minimum atomic E-state index is -0.403. The van der Waals surface area contributed by atoms with E-state index in [0.29, 0.717) is 11.4 Å². The molecule has 0 saturated carbocycles. The van der Waals surface area contributed by atoms with Gasteiger partial charge in [0.15, 0.2) is 6.61 Å². The molecule has 1 aromatic heterocycles. The summed E-state index contributed by atoms with van der Waals surface area (Å²) in [7, 11) is 0. The van der Waals surface area contributed by atoms with Gasteiger partial charge >= 0.3 is 0 Å². The number of hydrogen-bond acceptors (Lipinski definition) is 3. The van der Waals surface area contributed by atoms with Crippen molar-refractivity contribution in [3.8, 4) is 5.75 Å². The molecular weight excluding hydrogens is 283 g/mol. The number of anilines is 1. The second-order valence-corrected chi connectivity index (χ2v) is 4.70. The molecule has 3 rings (SSSR count). The molecule has 0 bridgehead atoms. The average molecular weight is 296 g/mol. The second kappa shape index (κ2) is 6.22. The topological polar surface area (TPSA) is 51.2 Å². The number of ether oxygens (including phenoxy) is 1. The van der Waals surface area contributed by atoms with Gasteiger partial charge in [-0.25, -0.2) is 4.39 Å². The van der Waals surface area contributed by atoms with Crippen LogP contribution in [0.25, 0.3) is 10.8 Å². The van der Waals surface area contributed by atoms with Crippen molar-refractivity contribution in [1.82, 2.24) is 4.98 Å². The van der Waals surface area contributed by atoms with Gasteiger partial charge in [-0.3, -0.25) is 9.78 Å². The summed E-state index contributed by atoms with van der Waals surface area (Å²) in [5.41, 5.74) is 0.688. The summed E-state index contributed by atoms with van der Waals surface area (Å²) in [6.07, 6.45) is 3.40. The minimum absolute atomic E-state index is 0.190. The van der Waals surface area contributed by atoms with Gasteiger partial charge in [-0.15, -0.1) is 0 Å². The van der Waals surface area contributed by atoms with Crippen LogP contribution < -0.4 is 10.1 Å². The Balaban J connectivity index is 1.68. The summed E-state index contributed by atoms with van der Waals surface area (Å²) in [4.78, 5) is 16.0. The third kappa shape index (κ3) is 3.20. The number of fused-ring (bicyclic) bond motifs is 1. The van der Waals surface area contributed by atoms with Crippen LogP contribution in [0.2, 0.25) is 0 Å². The maximum atomic E-state index is 13.0. The normalized spacial score (nSPS) is 10.4. The molecule has 110 valence electrons. The van der Waals surface area contributed by atoms with E-state index in [0.717, 1.165) is 10.8 Å². The number of pyridine rings is 1. The van der Waals surface area contributed by atoms with Crippen LogP contribution in [0.3, 0.4) is 0 Å². The van der Waals surface area contributed by atoms with Gasteiger partial charge in [0.25, 0.3) is 5.91 Å². The van der Waals surface area contributed by atoms with Gasteiger partial charge in [-0.2, -0.15) is 0 Å². The number of carbonyl (C=O) groups is 1. The number of aromatic nitrogens is 1. The summed E-state index contributed by atoms with van der Waals surface area (Å²) in [5, 5.41) is 4.62. The van der Waals surface area contributed by atoms with Crippen LogP contribution in [-0.4, -0.2) is 17.5 Å². The van der Waals surface area contributed by atoms with E-state index >= 15 is 0 Å². The molecule has 2 aromatic carbocycles. The maximum Gasteiger partial charge on any atom is 0.262 e. The number of rotatable bonds is 4. The van der Waals surface area contributed by atoms with Crippen molar-refractivity contribution < 1.29 is 13.9 Å². The lowest BCUT2D eigenvalue weighted by Crippen LogP contribution is -2.20. The first-order valence-electron chi connectivity index (χ1n) is 6.73. The lowest BCUT2D eigenvalue weighted by molar-refractivity contribution is -0.118. The molecule has 0 atom stereocenters. The first-order valence-corrected chi connectivity index (χ1v) is 6.73. The van der Waals surface area contributed by atoms with Crippen LogP contribution in [0.5, 0.6) is 5.75 Å². The van der Waals surface area contributed by atoms with E-state index in [1.165, 1.54) is 18.2 Å². The fraction of sp³-hybridized carbons (Fsp3) is 0.0588. The van der Waals surface area contributed by atoms with Crippen molar-refractivity contribution in [2.45, 2.75) is 0 Å². The van der Waals surface area contributed by atoms with Crippen LogP contribution >= 0.6 is 0 Å². The zero-order valence-corrected chi connectivity index (χ0v) is 11.6. The molecule has 1 N–H and O–H groups in total. The number of amides is 1. The van der Waals surface area contributed by atoms with Gasteiger partial charge in [0.1, 0.15) is 11.6 Å². The number of halogens is 1. The molecule has 1 amide bonds. The molecule has 0 aliphatic heterocycles. The van der Waals surface area contributed by atoms with Crippen molar-refractivity contribution >= 4 is 22.4 Å². The molecule has 0 saturated heterocycles. The van der Waals surface area contributed by atoms with Gasteiger partial charge in [0, 0.05) is 34.9 Å². The Labute approximate surface area is 126 Å². The van der Waals surface area contributed by atoms with E-state index in [1.54, 1.807) is 18.5 Å². The van der Waals surface area contributed by atoms with Gasteiger partial charge in [0.05, 0.1) is 0 Å². The molecule has 22 heavy (non-hydrogen) atoms. The molecule has 0 aliphatic rings. The SMILES string of the molecule is O=C(COc1cccc(F)c1)Nc1cccc2cnccc12. The highest BCUT2D eigenvalue weighted by atomic mass is 19.1. The molecule has 0 unspecified atom stereocenters. The molecule has 1 heterocycles. The van der Waals surface area contributed by atoms with E-state index < -0.39 is 5.82 Å². The largest absolute Gasteiger partial charge is 0.484 e. The molecule has 4 nitrogen and oxygen atoms in total. The van der Waals surface area contributed by atoms with Crippen LogP contribution in [0.1, 0.15) is 0 Å². The Kier molecular flexibility index (Phi) is 3.96. The number of hydrogen-bond donors (Lipinski definition) is 1. The minimum Gasteiger partial charge on any atom is -0.484 e. The smallest absolute Gasteiger partial charge is 0.262 e. The summed E-state index contributed by atoms with van der Waals surface area (Å²) < 4.78 is 18.3. The van der Waals surface area contributed by atoms with E-state index in [-0.39, 0.29) is 12.5 Å². The predicted octanol–water partition coefficient (Wildman–Crippen LogP) is 3.39. The highest BCUT2D eigenvalue weighted by molar-refractivity contribution is 6.02. The standard InChI is InChI=1S/C17H13FN2O2/c18-13-4-2-5-14(9-13)22-11-17(21)20-16-6-1-3-12-10-19-8-7-15(12)16/h1-10H,11H2,(H,20,21). The van der Waals surface area contributed by atoms with Crippen molar-refractivity contribution in [1.29, 1.82) is 0 Å². The fourth-order valence-corrected chi connectivity index (χ4v) is 2.12. The number of carbonyl (C=O) groups excluding carboxylic acids is 1.